The summed E-state index contributed by atoms with van der Waals surface area (Å²) in [7, 11) is 3.01. The summed E-state index contributed by atoms with van der Waals surface area (Å²) in [6.45, 7) is 2.12. The molecule has 1 saturated carbocycles. The summed E-state index contributed by atoms with van der Waals surface area (Å²) in [5, 5.41) is 0. The number of para-hydroxylation sites is 1. The van der Waals surface area contributed by atoms with Crippen LogP contribution < -0.4 is 9.47 Å². The van der Waals surface area contributed by atoms with Crippen LogP contribution in [-0.4, -0.2) is 25.2 Å². The first-order valence-corrected chi connectivity index (χ1v) is 10.5. The molecule has 0 aliphatic heterocycles. The van der Waals surface area contributed by atoms with Crippen molar-refractivity contribution in [3.63, 3.8) is 0 Å². The predicted molar refractivity (Wildman–Crippen MR) is 119 cm³/mol. The van der Waals surface area contributed by atoms with Gasteiger partial charge in [-0.2, -0.15) is 0 Å². The number of methoxy groups -OCH3 is 2. The van der Waals surface area contributed by atoms with E-state index in [1.807, 2.05) is 48.5 Å². The summed E-state index contributed by atoms with van der Waals surface area (Å²) in [5.74, 6) is 1.27. The molecule has 31 heavy (non-hydrogen) atoms. The van der Waals surface area contributed by atoms with E-state index >= 15 is 0 Å². The molecule has 1 heterocycles. The number of hydrogen-bond acceptors (Lipinski definition) is 5. The fourth-order valence-electron chi connectivity index (χ4n) is 4.03. The number of hydrogen-bond donors (Lipinski definition) is 0. The van der Waals surface area contributed by atoms with Crippen LogP contribution in [0.3, 0.4) is 0 Å². The molecule has 2 aromatic carbocycles. The molecule has 0 saturated heterocycles. The molecule has 0 radical (unpaired) electrons. The normalized spacial score (nSPS) is 20.6. The van der Waals surface area contributed by atoms with Crippen LogP contribution in [0, 0.1) is 0 Å². The highest BCUT2D eigenvalue weighted by Gasteiger charge is 2.55. The van der Waals surface area contributed by atoms with E-state index in [0.29, 0.717) is 5.56 Å². The fraction of sp³-hybridized carbons (Fsp3) is 0.280. The Morgan fingerprint density at radius 2 is 1.84 bits per heavy atom. The molecule has 160 valence electrons. The van der Waals surface area contributed by atoms with Gasteiger partial charge < -0.3 is 14.2 Å². The van der Waals surface area contributed by atoms with E-state index in [4.69, 9.17) is 25.8 Å². The number of ether oxygens (including phenoxy) is 3. The fourth-order valence-corrected chi connectivity index (χ4v) is 4.27. The lowest BCUT2D eigenvalue weighted by atomic mass is 9.93. The van der Waals surface area contributed by atoms with E-state index in [9.17, 15) is 4.79 Å². The van der Waals surface area contributed by atoms with Gasteiger partial charge in [-0.1, -0.05) is 48.9 Å². The summed E-state index contributed by atoms with van der Waals surface area (Å²) in [5.41, 5.74) is 2.21. The minimum absolute atomic E-state index is 0.154. The van der Waals surface area contributed by atoms with Crippen LogP contribution in [0.1, 0.15) is 52.0 Å². The molecule has 0 N–H and O–H groups in total. The maximum absolute atomic E-state index is 12.3. The van der Waals surface area contributed by atoms with Crippen LogP contribution in [0.2, 0.25) is 0 Å². The molecule has 0 spiro atoms. The van der Waals surface area contributed by atoms with Crippen LogP contribution in [0.4, 0.5) is 0 Å². The standard InChI is InChI=1S/C25H24ClNO4/c1-25(22-19(24(28)30-3)8-6-14-27-22)15-20(25)18-7-4-5-9-21(18)31-23(26)16-10-12-17(29-2)13-11-16/h4-14,20,23H,15H2,1-3H3. The van der Waals surface area contributed by atoms with Gasteiger partial charge in [0.15, 0.2) is 5.56 Å². The Labute approximate surface area is 186 Å². The lowest BCUT2D eigenvalue weighted by Gasteiger charge is -2.19. The van der Waals surface area contributed by atoms with Crippen molar-refractivity contribution in [2.24, 2.45) is 0 Å². The van der Waals surface area contributed by atoms with E-state index in [0.717, 1.165) is 34.7 Å². The highest BCUT2D eigenvalue weighted by Crippen LogP contribution is 2.62. The van der Waals surface area contributed by atoms with Crippen molar-refractivity contribution in [3.8, 4) is 11.5 Å². The molecule has 1 aliphatic carbocycles. The van der Waals surface area contributed by atoms with Crippen molar-refractivity contribution in [3.05, 3.63) is 89.2 Å². The van der Waals surface area contributed by atoms with E-state index in [1.54, 1.807) is 25.4 Å². The molecule has 6 heteroatoms. The van der Waals surface area contributed by atoms with Gasteiger partial charge in [-0.15, -0.1) is 0 Å². The Morgan fingerprint density at radius 1 is 1.10 bits per heavy atom. The third-order valence-electron chi connectivity index (χ3n) is 5.89. The molecule has 4 rings (SSSR count). The number of alkyl halides is 1. The number of carbonyl (C=O) groups excluding carboxylic acids is 1. The topological polar surface area (TPSA) is 57.7 Å². The molecule has 1 aliphatic rings. The smallest absolute Gasteiger partial charge is 0.339 e. The summed E-state index contributed by atoms with van der Waals surface area (Å²) in [4.78, 5) is 16.8. The van der Waals surface area contributed by atoms with Gasteiger partial charge in [0.25, 0.3) is 0 Å². The molecular weight excluding hydrogens is 414 g/mol. The third kappa shape index (κ3) is 4.10. The number of benzene rings is 2. The highest BCUT2D eigenvalue weighted by molar-refractivity contribution is 6.20. The zero-order valence-corrected chi connectivity index (χ0v) is 18.4. The Morgan fingerprint density at radius 3 is 2.55 bits per heavy atom. The molecular formula is C25H24ClNO4. The van der Waals surface area contributed by atoms with Crippen molar-refractivity contribution in [2.75, 3.05) is 14.2 Å². The number of aromatic nitrogens is 1. The minimum Gasteiger partial charge on any atom is -0.497 e. The van der Waals surface area contributed by atoms with E-state index in [2.05, 4.69) is 11.9 Å². The van der Waals surface area contributed by atoms with Crippen molar-refractivity contribution >= 4 is 17.6 Å². The first-order valence-electron chi connectivity index (χ1n) is 10.1. The Kier molecular flexibility index (Phi) is 5.88. The highest BCUT2D eigenvalue weighted by atomic mass is 35.5. The molecule has 3 aromatic rings. The zero-order valence-electron chi connectivity index (χ0n) is 17.7. The number of rotatable bonds is 7. The Bertz CT molecular complexity index is 1080. The van der Waals surface area contributed by atoms with Gasteiger partial charge in [0.1, 0.15) is 11.5 Å². The lowest BCUT2D eigenvalue weighted by Crippen LogP contribution is -2.15. The maximum Gasteiger partial charge on any atom is 0.339 e. The van der Waals surface area contributed by atoms with Crippen molar-refractivity contribution in [1.82, 2.24) is 4.98 Å². The van der Waals surface area contributed by atoms with Gasteiger partial charge in [-0.25, -0.2) is 4.79 Å². The number of esters is 1. The second-order valence-electron chi connectivity index (χ2n) is 7.81. The molecule has 1 fully saturated rings. The van der Waals surface area contributed by atoms with Crippen LogP contribution in [0.15, 0.2) is 66.9 Å². The van der Waals surface area contributed by atoms with Crippen LogP contribution in [0.25, 0.3) is 0 Å². The van der Waals surface area contributed by atoms with Crippen molar-refractivity contribution in [1.29, 1.82) is 0 Å². The summed E-state index contributed by atoms with van der Waals surface area (Å²) in [6, 6.07) is 18.9. The van der Waals surface area contributed by atoms with Crippen LogP contribution in [-0.2, 0) is 10.2 Å². The number of nitrogens with zero attached hydrogens (tertiary/aromatic N) is 1. The van der Waals surface area contributed by atoms with E-state index in [1.165, 1.54) is 7.11 Å². The number of carbonyl (C=O) groups is 1. The lowest BCUT2D eigenvalue weighted by molar-refractivity contribution is 0.0598. The molecule has 3 atom stereocenters. The first-order chi connectivity index (χ1) is 15.0. The van der Waals surface area contributed by atoms with Gasteiger partial charge >= 0.3 is 5.97 Å². The number of pyridine rings is 1. The second kappa shape index (κ2) is 8.60. The first kappa shape index (κ1) is 21.2. The Balaban J connectivity index is 1.59. The largest absolute Gasteiger partial charge is 0.497 e. The monoisotopic (exact) mass is 437 g/mol. The van der Waals surface area contributed by atoms with Crippen LogP contribution >= 0.6 is 11.6 Å². The molecule has 3 unspecified atom stereocenters. The SMILES string of the molecule is COC(=O)c1cccnc1C1(C)CC1c1ccccc1OC(Cl)c1ccc(OC)cc1. The van der Waals surface area contributed by atoms with E-state index < -0.39 is 5.56 Å². The average molecular weight is 438 g/mol. The second-order valence-corrected chi connectivity index (χ2v) is 8.21. The molecule has 5 nitrogen and oxygen atoms in total. The zero-order chi connectivity index (χ0) is 22.0. The quantitative estimate of drug-likeness (QED) is 0.353. The summed E-state index contributed by atoms with van der Waals surface area (Å²) in [6.07, 6.45) is 2.56. The average Bonchev–Trinajstić information content (AvgIpc) is 3.51. The Hall–Kier alpha value is -3.05. The van der Waals surface area contributed by atoms with Gasteiger partial charge in [0.05, 0.1) is 25.5 Å². The third-order valence-corrected chi connectivity index (χ3v) is 6.23. The van der Waals surface area contributed by atoms with Crippen molar-refractivity contribution in [2.45, 2.75) is 30.2 Å². The maximum atomic E-state index is 12.3. The summed E-state index contributed by atoms with van der Waals surface area (Å²) < 4.78 is 16.3. The van der Waals surface area contributed by atoms with Gasteiger partial charge in [-0.05, 0) is 48.2 Å². The van der Waals surface area contributed by atoms with Crippen LogP contribution in [0.5, 0.6) is 11.5 Å². The van der Waals surface area contributed by atoms with Gasteiger partial charge in [-0.3, -0.25) is 4.98 Å². The minimum atomic E-state index is -0.641. The van der Waals surface area contributed by atoms with Gasteiger partial charge in [0.2, 0.25) is 0 Å². The molecule has 0 bridgehead atoms. The molecule has 1 aromatic heterocycles. The van der Waals surface area contributed by atoms with Gasteiger partial charge in [0, 0.05) is 17.2 Å². The molecule has 0 amide bonds. The number of halogens is 1. The van der Waals surface area contributed by atoms with Crippen molar-refractivity contribution < 1.29 is 19.0 Å². The van der Waals surface area contributed by atoms with E-state index in [-0.39, 0.29) is 17.3 Å². The summed E-state index contributed by atoms with van der Waals surface area (Å²) >= 11 is 6.57. The predicted octanol–water partition coefficient (Wildman–Crippen LogP) is 5.64.